The first kappa shape index (κ1) is 20.4. The van der Waals surface area contributed by atoms with E-state index in [1.54, 1.807) is 33.5 Å². The van der Waals surface area contributed by atoms with Gasteiger partial charge in [-0.3, -0.25) is 4.79 Å². The van der Waals surface area contributed by atoms with Crippen LogP contribution in [0.3, 0.4) is 0 Å². The summed E-state index contributed by atoms with van der Waals surface area (Å²) in [7, 11) is 4.67. The van der Waals surface area contributed by atoms with Crippen molar-refractivity contribution < 1.29 is 19.0 Å². The van der Waals surface area contributed by atoms with Gasteiger partial charge in [0.1, 0.15) is 5.75 Å². The zero-order chi connectivity index (χ0) is 19.3. The van der Waals surface area contributed by atoms with Crippen LogP contribution in [0.1, 0.15) is 63.2 Å². The molecular formula is C21H33NO4. The quantitative estimate of drug-likeness (QED) is 0.778. The van der Waals surface area contributed by atoms with Crippen LogP contribution < -0.4 is 19.5 Å². The summed E-state index contributed by atoms with van der Waals surface area (Å²) in [5.41, 5.74) is 0.850. The van der Waals surface area contributed by atoms with Gasteiger partial charge in [0.05, 0.1) is 26.9 Å². The molecule has 1 N–H and O–H groups in total. The number of carbonyl (C=O) groups is 1. The molecule has 0 atom stereocenters. The molecule has 5 nitrogen and oxygen atoms in total. The Labute approximate surface area is 157 Å². The van der Waals surface area contributed by atoms with Crippen LogP contribution in [0.15, 0.2) is 12.1 Å². The van der Waals surface area contributed by atoms with E-state index in [9.17, 15) is 4.79 Å². The number of hydrogen-bond acceptors (Lipinski definition) is 4. The first-order valence-electron chi connectivity index (χ1n) is 9.47. The smallest absolute Gasteiger partial charge is 0.255 e. The number of rotatable bonds is 7. The van der Waals surface area contributed by atoms with Crippen LogP contribution in [0.2, 0.25) is 0 Å². The van der Waals surface area contributed by atoms with Crippen LogP contribution in [-0.2, 0) is 0 Å². The fourth-order valence-electron chi connectivity index (χ4n) is 3.78. The molecule has 0 saturated heterocycles. The molecule has 146 valence electrons. The summed E-state index contributed by atoms with van der Waals surface area (Å²) in [6.45, 7) is 6.97. The second-order valence-corrected chi connectivity index (χ2v) is 7.77. The largest absolute Gasteiger partial charge is 0.496 e. The maximum Gasteiger partial charge on any atom is 0.255 e. The van der Waals surface area contributed by atoms with Crippen molar-refractivity contribution in [2.24, 2.45) is 11.3 Å². The van der Waals surface area contributed by atoms with Crippen molar-refractivity contribution in [1.82, 2.24) is 5.32 Å². The summed E-state index contributed by atoms with van der Waals surface area (Å²) in [4.78, 5) is 12.8. The number of benzene rings is 1. The van der Waals surface area contributed by atoms with Crippen molar-refractivity contribution in [2.75, 3.05) is 21.3 Å². The van der Waals surface area contributed by atoms with E-state index in [4.69, 9.17) is 14.2 Å². The number of carbonyl (C=O) groups excluding carboxylic acids is 1. The minimum atomic E-state index is -0.124. The lowest BCUT2D eigenvalue weighted by atomic mass is 9.69. The molecule has 1 aromatic rings. The van der Waals surface area contributed by atoms with Crippen LogP contribution in [0.25, 0.3) is 0 Å². The standard InChI is InChI=1S/C21H33NO4/c1-7-21(2,3)14-8-10-15(11-9-14)22-20(23)16-12-18(25-5)19(26-6)13-17(16)24-4/h12-15H,7-11H2,1-6H3,(H,22,23). The molecule has 0 bridgehead atoms. The molecule has 1 saturated carbocycles. The molecule has 1 amide bonds. The minimum Gasteiger partial charge on any atom is -0.496 e. The highest BCUT2D eigenvalue weighted by atomic mass is 16.5. The highest BCUT2D eigenvalue weighted by Gasteiger charge is 2.32. The van der Waals surface area contributed by atoms with Crippen LogP contribution in [0, 0.1) is 11.3 Å². The van der Waals surface area contributed by atoms with E-state index >= 15 is 0 Å². The number of amides is 1. The molecule has 0 aliphatic heterocycles. The summed E-state index contributed by atoms with van der Waals surface area (Å²) in [6.07, 6.45) is 5.56. The van der Waals surface area contributed by atoms with E-state index < -0.39 is 0 Å². The van der Waals surface area contributed by atoms with Crippen molar-refractivity contribution in [2.45, 2.75) is 58.9 Å². The first-order valence-corrected chi connectivity index (χ1v) is 9.47. The van der Waals surface area contributed by atoms with Gasteiger partial charge in [-0.05, 0) is 37.0 Å². The van der Waals surface area contributed by atoms with Gasteiger partial charge in [-0.1, -0.05) is 27.2 Å². The van der Waals surface area contributed by atoms with E-state index in [-0.39, 0.29) is 11.9 Å². The first-order chi connectivity index (χ1) is 12.4. The lowest BCUT2D eigenvalue weighted by Gasteiger charge is -2.39. The van der Waals surface area contributed by atoms with Crippen LogP contribution in [-0.4, -0.2) is 33.3 Å². The Bertz CT molecular complexity index is 619. The van der Waals surface area contributed by atoms with E-state index in [0.29, 0.717) is 28.2 Å². The number of methoxy groups -OCH3 is 3. The highest BCUT2D eigenvalue weighted by molar-refractivity contribution is 5.98. The minimum absolute atomic E-state index is 0.124. The van der Waals surface area contributed by atoms with Gasteiger partial charge in [0, 0.05) is 18.2 Å². The average Bonchev–Trinajstić information content (AvgIpc) is 2.67. The lowest BCUT2D eigenvalue weighted by Crippen LogP contribution is -2.40. The third-order valence-electron chi connectivity index (χ3n) is 6.03. The predicted octanol–water partition coefficient (Wildman–Crippen LogP) is 4.44. The lowest BCUT2D eigenvalue weighted by molar-refractivity contribution is 0.0890. The monoisotopic (exact) mass is 363 g/mol. The molecule has 1 aliphatic rings. The summed E-state index contributed by atoms with van der Waals surface area (Å²) in [5.74, 6) is 2.16. The Kier molecular flexibility index (Phi) is 6.79. The molecule has 1 aliphatic carbocycles. The molecule has 0 radical (unpaired) electrons. The maximum atomic E-state index is 12.8. The van der Waals surface area contributed by atoms with Crippen molar-refractivity contribution in [1.29, 1.82) is 0 Å². The van der Waals surface area contributed by atoms with Gasteiger partial charge in [-0.15, -0.1) is 0 Å². The summed E-state index contributed by atoms with van der Waals surface area (Å²) < 4.78 is 16.0. The van der Waals surface area contributed by atoms with E-state index in [1.807, 2.05) is 0 Å². The van der Waals surface area contributed by atoms with Gasteiger partial charge in [0.2, 0.25) is 0 Å². The van der Waals surface area contributed by atoms with Crippen molar-refractivity contribution in [3.8, 4) is 17.2 Å². The number of ether oxygens (including phenoxy) is 3. The zero-order valence-corrected chi connectivity index (χ0v) is 17.0. The molecule has 5 heteroatoms. The maximum absolute atomic E-state index is 12.8. The second-order valence-electron chi connectivity index (χ2n) is 7.77. The van der Waals surface area contributed by atoms with Crippen LogP contribution in [0.4, 0.5) is 0 Å². The topological polar surface area (TPSA) is 56.8 Å². The molecule has 26 heavy (non-hydrogen) atoms. The Hall–Kier alpha value is -1.91. The van der Waals surface area contributed by atoms with Gasteiger partial charge in [-0.25, -0.2) is 0 Å². The predicted molar refractivity (Wildman–Crippen MR) is 103 cm³/mol. The van der Waals surface area contributed by atoms with Crippen molar-refractivity contribution >= 4 is 5.91 Å². The molecule has 1 fully saturated rings. The summed E-state index contributed by atoms with van der Waals surface area (Å²) in [6, 6.07) is 3.58. The van der Waals surface area contributed by atoms with Crippen LogP contribution in [0.5, 0.6) is 17.2 Å². The third kappa shape index (κ3) is 4.43. The molecule has 0 spiro atoms. The van der Waals surface area contributed by atoms with Gasteiger partial charge >= 0.3 is 0 Å². The Balaban J connectivity index is 2.07. The van der Waals surface area contributed by atoms with Gasteiger partial charge in [-0.2, -0.15) is 0 Å². The fourth-order valence-corrected chi connectivity index (χ4v) is 3.78. The van der Waals surface area contributed by atoms with E-state index in [2.05, 4.69) is 26.1 Å². The van der Waals surface area contributed by atoms with Gasteiger partial charge in [0.25, 0.3) is 5.91 Å². The summed E-state index contributed by atoms with van der Waals surface area (Å²) in [5, 5.41) is 3.17. The molecular weight excluding hydrogens is 330 g/mol. The SMILES string of the molecule is CCC(C)(C)C1CCC(NC(=O)c2cc(OC)c(OC)cc2OC)CC1. The van der Waals surface area contributed by atoms with E-state index in [0.717, 1.165) is 31.6 Å². The molecule has 0 aromatic heterocycles. The van der Waals surface area contributed by atoms with Crippen molar-refractivity contribution in [3.05, 3.63) is 17.7 Å². The molecule has 1 aromatic carbocycles. The molecule has 0 heterocycles. The average molecular weight is 363 g/mol. The van der Waals surface area contributed by atoms with Crippen molar-refractivity contribution in [3.63, 3.8) is 0 Å². The third-order valence-corrected chi connectivity index (χ3v) is 6.03. The normalized spacial score (nSPS) is 20.4. The number of nitrogens with one attached hydrogen (secondary N) is 1. The Morgan fingerprint density at radius 3 is 2.04 bits per heavy atom. The Morgan fingerprint density at radius 1 is 1.00 bits per heavy atom. The van der Waals surface area contributed by atoms with Gasteiger partial charge in [0.15, 0.2) is 11.5 Å². The fraction of sp³-hybridized carbons (Fsp3) is 0.667. The highest BCUT2D eigenvalue weighted by Crippen LogP contribution is 2.40. The zero-order valence-electron chi connectivity index (χ0n) is 17.0. The Morgan fingerprint density at radius 2 is 1.54 bits per heavy atom. The number of hydrogen-bond donors (Lipinski definition) is 1. The second kappa shape index (κ2) is 8.65. The molecule has 0 unspecified atom stereocenters. The van der Waals surface area contributed by atoms with Gasteiger partial charge < -0.3 is 19.5 Å². The molecule has 2 rings (SSSR count). The summed E-state index contributed by atoms with van der Waals surface area (Å²) >= 11 is 0. The van der Waals surface area contributed by atoms with Crippen LogP contribution >= 0.6 is 0 Å². The van der Waals surface area contributed by atoms with E-state index in [1.165, 1.54) is 6.42 Å².